The van der Waals surface area contributed by atoms with E-state index in [0.717, 1.165) is 12.8 Å². The Morgan fingerprint density at radius 2 is 2.05 bits per heavy atom. The number of amides is 1. The number of hydrogen-bond donors (Lipinski definition) is 3. The van der Waals surface area contributed by atoms with Gasteiger partial charge < -0.3 is 15.4 Å². The molecule has 0 aliphatic carbocycles. The first-order chi connectivity index (χ1) is 9.85. The van der Waals surface area contributed by atoms with Gasteiger partial charge in [-0.3, -0.25) is 4.79 Å². The zero-order valence-electron chi connectivity index (χ0n) is 12.5. The Hall–Kier alpha value is -2.18. The van der Waals surface area contributed by atoms with Crippen LogP contribution in [0.3, 0.4) is 0 Å². The van der Waals surface area contributed by atoms with Crippen LogP contribution in [0.5, 0.6) is 0 Å². The van der Waals surface area contributed by atoms with Gasteiger partial charge in [0, 0.05) is 17.0 Å². The molecule has 1 amide bonds. The summed E-state index contributed by atoms with van der Waals surface area (Å²) in [6, 6.07) is -0.881. The van der Waals surface area contributed by atoms with Crippen molar-refractivity contribution in [2.24, 2.45) is 0 Å². The number of carbonyl (C=O) groups excluding carboxylic acids is 1. The monoisotopic (exact) mass is 295 g/mol. The number of carboxylic acids is 1. The molecule has 7 nitrogen and oxygen atoms in total. The normalized spacial score (nSPS) is 12.0. The average molecular weight is 295 g/mol. The van der Waals surface area contributed by atoms with Crippen LogP contribution in [0.15, 0.2) is 4.79 Å². The summed E-state index contributed by atoms with van der Waals surface area (Å²) in [5.74, 6) is -1.43. The van der Waals surface area contributed by atoms with Crippen molar-refractivity contribution in [2.75, 3.05) is 0 Å². The van der Waals surface area contributed by atoms with Crippen molar-refractivity contribution < 1.29 is 14.7 Å². The lowest BCUT2D eigenvalue weighted by Gasteiger charge is -2.15. The second-order valence-corrected chi connectivity index (χ2v) is 5.01. The van der Waals surface area contributed by atoms with E-state index in [9.17, 15) is 14.4 Å². The molecule has 0 bridgehead atoms. The van der Waals surface area contributed by atoms with Crippen molar-refractivity contribution in [1.29, 1.82) is 0 Å². The Balaban J connectivity index is 2.77. The lowest BCUT2D eigenvalue weighted by Crippen LogP contribution is -2.41. The summed E-state index contributed by atoms with van der Waals surface area (Å²) < 4.78 is 0. The highest BCUT2D eigenvalue weighted by Gasteiger charge is 2.20. The predicted octanol–water partition coefficient (Wildman–Crippen LogP) is 0.689. The highest BCUT2D eigenvalue weighted by atomic mass is 16.4. The molecule has 0 spiro atoms. The lowest BCUT2D eigenvalue weighted by molar-refractivity contribution is -0.142. The second kappa shape index (κ2) is 7.56. The minimum Gasteiger partial charge on any atom is -0.480 e. The number of nitrogens with zero attached hydrogens (tertiary/aromatic N) is 1. The molecular formula is C14H21N3O4. The summed E-state index contributed by atoms with van der Waals surface area (Å²) in [4.78, 5) is 40.5. The molecule has 1 unspecified atom stereocenters. The van der Waals surface area contributed by atoms with Gasteiger partial charge in [-0.15, -0.1) is 0 Å². The number of aromatic nitrogens is 2. The van der Waals surface area contributed by atoms with Crippen molar-refractivity contribution in [3.63, 3.8) is 0 Å². The van der Waals surface area contributed by atoms with Gasteiger partial charge in [0.05, 0.1) is 6.42 Å². The molecule has 0 saturated carbocycles. The summed E-state index contributed by atoms with van der Waals surface area (Å²) in [6.45, 7) is 5.29. The molecule has 0 radical (unpaired) electrons. The van der Waals surface area contributed by atoms with Crippen LogP contribution in [-0.4, -0.2) is 33.0 Å². The van der Waals surface area contributed by atoms with Crippen LogP contribution in [0.4, 0.5) is 0 Å². The Morgan fingerprint density at radius 3 is 2.57 bits per heavy atom. The zero-order valence-corrected chi connectivity index (χ0v) is 12.5. The highest BCUT2D eigenvalue weighted by molar-refractivity contribution is 5.85. The number of unbranched alkanes of at least 4 members (excludes halogenated alkanes) is 1. The van der Waals surface area contributed by atoms with E-state index in [1.807, 2.05) is 6.92 Å². The molecule has 1 atom stereocenters. The molecule has 1 heterocycles. The molecule has 3 N–H and O–H groups in total. The summed E-state index contributed by atoms with van der Waals surface area (Å²) in [7, 11) is 0. The third kappa shape index (κ3) is 5.02. The first-order valence-corrected chi connectivity index (χ1v) is 6.93. The Morgan fingerprint density at radius 1 is 1.38 bits per heavy atom. The number of hydrogen-bond acceptors (Lipinski definition) is 4. The van der Waals surface area contributed by atoms with Crippen molar-refractivity contribution in [3.8, 4) is 0 Å². The molecule has 7 heteroatoms. The Labute approximate surface area is 122 Å². The van der Waals surface area contributed by atoms with Crippen LogP contribution >= 0.6 is 0 Å². The maximum Gasteiger partial charge on any atom is 0.345 e. The van der Waals surface area contributed by atoms with E-state index in [0.29, 0.717) is 23.4 Å². The van der Waals surface area contributed by atoms with Crippen molar-refractivity contribution in [1.82, 2.24) is 15.3 Å². The largest absolute Gasteiger partial charge is 0.480 e. The maximum absolute atomic E-state index is 12.0. The van der Waals surface area contributed by atoms with E-state index in [1.165, 1.54) is 0 Å². The molecule has 0 aliphatic heterocycles. The molecule has 1 rings (SSSR count). The van der Waals surface area contributed by atoms with Crippen LogP contribution in [0.25, 0.3) is 0 Å². The van der Waals surface area contributed by atoms with E-state index < -0.39 is 23.6 Å². The number of aryl methyl sites for hydroxylation is 2. The van der Waals surface area contributed by atoms with Crippen LogP contribution < -0.4 is 11.0 Å². The van der Waals surface area contributed by atoms with Crippen LogP contribution in [-0.2, 0) is 16.0 Å². The number of carboxylic acid groups (broad SMARTS) is 1. The zero-order chi connectivity index (χ0) is 16.0. The number of nitrogens with one attached hydrogen (secondary N) is 2. The first kappa shape index (κ1) is 16.9. The molecule has 116 valence electrons. The van der Waals surface area contributed by atoms with Crippen LogP contribution in [0.2, 0.25) is 0 Å². The van der Waals surface area contributed by atoms with Crippen LogP contribution in [0, 0.1) is 13.8 Å². The number of aliphatic carboxylic acids is 1. The minimum atomic E-state index is -1.04. The highest BCUT2D eigenvalue weighted by Crippen LogP contribution is 2.08. The molecule has 0 aromatic carbocycles. The second-order valence-electron chi connectivity index (χ2n) is 5.01. The quantitative estimate of drug-likeness (QED) is 0.685. The van der Waals surface area contributed by atoms with E-state index in [1.54, 1.807) is 13.8 Å². The molecule has 0 aliphatic rings. The predicted molar refractivity (Wildman–Crippen MR) is 77.1 cm³/mol. The van der Waals surface area contributed by atoms with Gasteiger partial charge in [-0.1, -0.05) is 19.8 Å². The topological polar surface area (TPSA) is 112 Å². The van der Waals surface area contributed by atoms with E-state index in [2.05, 4.69) is 15.3 Å². The van der Waals surface area contributed by atoms with Gasteiger partial charge in [0.1, 0.15) is 6.04 Å². The van der Waals surface area contributed by atoms with Crippen LogP contribution in [0.1, 0.15) is 43.1 Å². The smallest absolute Gasteiger partial charge is 0.345 e. The average Bonchev–Trinajstić information content (AvgIpc) is 2.38. The molecule has 21 heavy (non-hydrogen) atoms. The summed E-state index contributed by atoms with van der Waals surface area (Å²) in [6.07, 6.45) is 1.99. The summed E-state index contributed by atoms with van der Waals surface area (Å²) in [5, 5.41) is 11.6. The Bertz CT molecular complexity index is 554. The van der Waals surface area contributed by atoms with E-state index >= 15 is 0 Å². The SMILES string of the molecule is CCCCC(NC(=O)Cc1c(C)nc(=O)[nH]c1C)C(=O)O. The lowest BCUT2D eigenvalue weighted by atomic mass is 10.1. The minimum absolute atomic E-state index is 0.00263. The van der Waals surface area contributed by atoms with Crippen molar-refractivity contribution in [2.45, 2.75) is 52.5 Å². The van der Waals surface area contributed by atoms with Gasteiger partial charge in [-0.2, -0.15) is 4.98 Å². The standard InChI is InChI=1S/C14H21N3O4/c1-4-5-6-11(13(19)20)17-12(18)7-10-8(2)15-14(21)16-9(10)3/h11H,4-7H2,1-3H3,(H,17,18)(H,19,20)(H,15,16,21). The molecule has 0 fully saturated rings. The number of aromatic amines is 1. The van der Waals surface area contributed by atoms with Gasteiger partial charge in [0.2, 0.25) is 5.91 Å². The third-order valence-electron chi connectivity index (χ3n) is 3.27. The van der Waals surface area contributed by atoms with E-state index in [-0.39, 0.29) is 6.42 Å². The Kier molecular flexibility index (Phi) is 6.08. The van der Waals surface area contributed by atoms with Gasteiger partial charge in [-0.05, 0) is 20.3 Å². The van der Waals surface area contributed by atoms with E-state index in [4.69, 9.17) is 5.11 Å². The fraction of sp³-hybridized carbons (Fsp3) is 0.571. The molecule has 1 aromatic rings. The fourth-order valence-electron chi connectivity index (χ4n) is 2.09. The first-order valence-electron chi connectivity index (χ1n) is 6.93. The number of H-pyrrole nitrogens is 1. The summed E-state index contributed by atoms with van der Waals surface area (Å²) in [5.41, 5.74) is 1.21. The number of carbonyl (C=O) groups is 2. The summed E-state index contributed by atoms with van der Waals surface area (Å²) >= 11 is 0. The maximum atomic E-state index is 12.0. The molecule has 0 saturated heterocycles. The third-order valence-corrected chi connectivity index (χ3v) is 3.27. The fourth-order valence-corrected chi connectivity index (χ4v) is 2.09. The number of rotatable bonds is 7. The van der Waals surface area contributed by atoms with Gasteiger partial charge in [0.15, 0.2) is 0 Å². The van der Waals surface area contributed by atoms with Crippen molar-refractivity contribution in [3.05, 3.63) is 27.4 Å². The van der Waals surface area contributed by atoms with Gasteiger partial charge in [-0.25, -0.2) is 9.59 Å². The van der Waals surface area contributed by atoms with Gasteiger partial charge in [0.25, 0.3) is 0 Å². The molecular weight excluding hydrogens is 274 g/mol. The van der Waals surface area contributed by atoms with Crippen molar-refractivity contribution >= 4 is 11.9 Å². The van der Waals surface area contributed by atoms with Gasteiger partial charge >= 0.3 is 11.7 Å². The molecule has 1 aromatic heterocycles.